The summed E-state index contributed by atoms with van der Waals surface area (Å²) in [5, 5.41) is 9.57. The summed E-state index contributed by atoms with van der Waals surface area (Å²) in [6.07, 6.45) is 6.73. The molecule has 144 valence electrons. The normalized spacial score (nSPS) is 14.3. The van der Waals surface area contributed by atoms with Crippen LogP contribution in [0.25, 0.3) is 16.7 Å². The van der Waals surface area contributed by atoms with Gasteiger partial charge in [-0.25, -0.2) is 14.5 Å². The summed E-state index contributed by atoms with van der Waals surface area (Å²) in [5.41, 5.74) is 0.800. The molecule has 1 aromatic carbocycles. The Morgan fingerprint density at radius 3 is 2.64 bits per heavy atom. The Bertz CT molecular complexity index is 1070. The van der Waals surface area contributed by atoms with Crippen LogP contribution in [0.5, 0.6) is 0 Å². The van der Waals surface area contributed by atoms with Crippen LogP contribution in [0, 0.1) is 0 Å². The minimum absolute atomic E-state index is 0.109. The number of carbonyl (C=O) groups is 2. The molecule has 0 unspecified atom stereocenters. The van der Waals surface area contributed by atoms with Gasteiger partial charge in [0.25, 0.3) is 5.56 Å². The zero-order valence-corrected chi connectivity index (χ0v) is 15.2. The third-order valence-corrected chi connectivity index (χ3v) is 4.81. The lowest BCUT2D eigenvalue weighted by Crippen LogP contribution is -2.45. The van der Waals surface area contributed by atoms with E-state index in [1.54, 1.807) is 4.68 Å². The number of rotatable bonds is 4. The van der Waals surface area contributed by atoms with Crippen molar-refractivity contribution in [1.29, 1.82) is 0 Å². The summed E-state index contributed by atoms with van der Waals surface area (Å²) in [7, 11) is 0. The fourth-order valence-electron chi connectivity index (χ4n) is 3.43. The van der Waals surface area contributed by atoms with Crippen molar-refractivity contribution < 1.29 is 9.59 Å². The lowest BCUT2D eigenvalue weighted by Gasteiger charge is -2.12. The van der Waals surface area contributed by atoms with Crippen LogP contribution in [-0.4, -0.2) is 37.3 Å². The van der Waals surface area contributed by atoms with Crippen LogP contribution >= 0.6 is 0 Å². The second kappa shape index (κ2) is 7.63. The van der Waals surface area contributed by atoms with Gasteiger partial charge in [-0.2, -0.15) is 5.10 Å². The number of hydrogen-bond acceptors (Lipinski definition) is 5. The topological polar surface area (TPSA) is 111 Å². The molecule has 0 saturated heterocycles. The number of urea groups is 1. The van der Waals surface area contributed by atoms with Gasteiger partial charge in [0.2, 0.25) is 5.91 Å². The Hall–Kier alpha value is -3.49. The maximum Gasteiger partial charge on any atom is 0.321 e. The first-order valence-electron chi connectivity index (χ1n) is 9.21. The molecule has 0 radical (unpaired) electrons. The van der Waals surface area contributed by atoms with E-state index in [0.29, 0.717) is 11.0 Å². The first-order valence-corrected chi connectivity index (χ1v) is 9.21. The highest BCUT2D eigenvalue weighted by Gasteiger charge is 2.19. The number of imide groups is 1. The van der Waals surface area contributed by atoms with E-state index in [1.807, 2.05) is 30.3 Å². The number of nitrogens with one attached hydrogen (secondary N) is 2. The molecule has 28 heavy (non-hydrogen) atoms. The number of fused-ring (bicyclic) bond motifs is 1. The van der Waals surface area contributed by atoms with Gasteiger partial charge >= 0.3 is 6.03 Å². The van der Waals surface area contributed by atoms with Gasteiger partial charge in [-0.1, -0.05) is 31.0 Å². The molecule has 9 nitrogen and oxygen atoms in total. The van der Waals surface area contributed by atoms with Crippen molar-refractivity contribution in [2.45, 2.75) is 38.3 Å². The molecule has 1 saturated carbocycles. The monoisotopic (exact) mass is 380 g/mol. The molecule has 0 bridgehead atoms. The van der Waals surface area contributed by atoms with Crippen molar-refractivity contribution in [3.63, 3.8) is 0 Å². The molecule has 1 aliphatic rings. The zero-order chi connectivity index (χ0) is 19.5. The van der Waals surface area contributed by atoms with Crippen LogP contribution in [0.1, 0.15) is 25.7 Å². The number of benzene rings is 1. The molecule has 0 atom stereocenters. The van der Waals surface area contributed by atoms with Gasteiger partial charge in [0, 0.05) is 6.04 Å². The van der Waals surface area contributed by atoms with Crippen molar-refractivity contribution >= 4 is 23.0 Å². The molecular formula is C19H20N6O3. The summed E-state index contributed by atoms with van der Waals surface area (Å²) in [6, 6.07) is 8.91. The Morgan fingerprint density at radius 1 is 1.14 bits per heavy atom. The standard InChI is InChI=1S/C19H20N6O3/c26-16(23-19(28)22-13-6-4-5-7-13)11-24-12-20-17-15(18(24)27)10-21-25(17)14-8-2-1-3-9-14/h1-3,8-10,12-13H,4-7,11H2,(H2,22,23,26,28). The molecule has 2 heterocycles. The fourth-order valence-corrected chi connectivity index (χ4v) is 3.43. The van der Waals surface area contributed by atoms with E-state index < -0.39 is 17.5 Å². The highest BCUT2D eigenvalue weighted by molar-refractivity contribution is 5.94. The van der Waals surface area contributed by atoms with Gasteiger partial charge in [0.15, 0.2) is 5.65 Å². The molecule has 0 spiro atoms. The van der Waals surface area contributed by atoms with Gasteiger partial charge in [0.05, 0.1) is 11.9 Å². The summed E-state index contributed by atoms with van der Waals surface area (Å²) in [5.74, 6) is -0.575. The Morgan fingerprint density at radius 2 is 1.89 bits per heavy atom. The van der Waals surface area contributed by atoms with Crippen LogP contribution in [0.15, 0.2) is 47.7 Å². The maximum absolute atomic E-state index is 12.7. The molecule has 2 N–H and O–H groups in total. The van der Waals surface area contributed by atoms with Gasteiger partial charge in [-0.05, 0) is 25.0 Å². The van der Waals surface area contributed by atoms with Gasteiger partial charge in [-0.3, -0.25) is 19.5 Å². The average Bonchev–Trinajstić information content (AvgIpc) is 3.34. The molecule has 4 rings (SSSR count). The third-order valence-electron chi connectivity index (χ3n) is 4.81. The van der Waals surface area contributed by atoms with Crippen molar-refractivity contribution in [3.8, 4) is 5.69 Å². The molecule has 3 amide bonds. The molecular weight excluding hydrogens is 360 g/mol. The van der Waals surface area contributed by atoms with Crippen LogP contribution < -0.4 is 16.2 Å². The summed E-state index contributed by atoms with van der Waals surface area (Å²) in [6.45, 7) is -0.295. The fraction of sp³-hybridized carbons (Fsp3) is 0.316. The Kier molecular flexibility index (Phi) is 4.88. The quantitative estimate of drug-likeness (QED) is 0.710. The lowest BCUT2D eigenvalue weighted by atomic mass is 10.2. The zero-order valence-electron chi connectivity index (χ0n) is 15.2. The van der Waals surface area contributed by atoms with Gasteiger partial charge < -0.3 is 5.32 Å². The van der Waals surface area contributed by atoms with E-state index in [1.165, 1.54) is 12.5 Å². The van der Waals surface area contributed by atoms with E-state index in [4.69, 9.17) is 0 Å². The van der Waals surface area contributed by atoms with E-state index in [0.717, 1.165) is 35.9 Å². The maximum atomic E-state index is 12.7. The predicted octanol–water partition coefficient (Wildman–Crippen LogP) is 1.35. The van der Waals surface area contributed by atoms with Crippen molar-refractivity contribution in [2.24, 2.45) is 0 Å². The largest absolute Gasteiger partial charge is 0.335 e. The number of nitrogens with zero attached hydrogens (tertiary/aromatic N) is 4. The average molecular weight is 380 g/mol. The summed E-state index contributed by atoms with van der Waals surface area (Å²) < 4.78 is 2.73. The van der Waals surface area contributed by atoms with Crippen LogP contribution in [-0.2, 0) is 11.3 Å². The summed E-state index contributed by atoms with van der Waals surface area (Å²) in [4.78, 5) is 41.0. The lowest BCUT2D eigenvalue weighted by molar-refractivity contribution is -0.120. The van der Waals surface area contributed by atoms with Crippen LogP contribution in [0.2, 0.25) is 0 Å². The minimum Gasteiger partial charge on any atom is -0.335 e. The molecule has 9 heteroatoms. The number of carbonyl (C=O) groups excluding carboxylic acids is 2. The molecule has 2 aromatic heterocycles. The second-order valence-corrected chi connectivity index (χ2v) is 6.81. The number of hydrogen-bond donors (Lipinski definition) is 2. The SMILES string of the molecule is O=C(Cn1cnc2c(cnn2-c2ccccc2)c1=O)NC(=O)NC1CCCC1. The highest BCUT2D eigenvalue weighted by atomic mass is 16.2. The van der Waals surface area contributed by atoms with E-state index >= 15 is 0 Å². The second-order valence-electron chi connectivity index (χ2n) is 6.81. The summed E-state index contributed by atoms with van der Waals surface area (Å²) >= 11 is 0. The molecule has 1 aliphatic carbocycles. The number of amides is 3. The minimum atomic E-state index is -0.575. The molecule has 0 aliphatic heterocycles. The molecule has 1 fully saturated rings. The Balaban J connectivity index is 1.48. The number of aromatic nitrogens is 4. The van der Waals surface area contributed by atoms with Crippen molar-refractivity contribution in [3.05, 3.63) is 53.2 Å². The van der Waals surface area contributed by atoms with Crippen LogP contribution in [0.4, 0.5) is 4.79 Å². The Labute approximate surface area is 160 Å². The molecule has 3 aromatic rings. The van der Waals surface area contributed by atoms with Gasteiger partial charge in [-0.15, -0.1) is 0 Å². The van der Waals surface area contributed by atoms with Crippen molar-refractivity contribution in [1.82, 2.24) is 30.0 Å². The van der Waals surface area contributed by atoms with Gasteiger partial charge in [0.1, 0.15) is 18.3 Å². The van der Waals surface area contributed by atoms with E-state index in [9.17, 15) is 14.4 Å². The first-order chi connectivity index (χ1) is 13.6. The third kappa shape index (κ3) is 3.64. The van der Waals surface area contributed by atoms with Crippen LogP contribution in [0.3, 0.4) is 0 Å². The first kappa shape index (κ1) is 17.9. The van der Waals surface area contributed by atoms with Crippen molar-refractivity contribution in [2.75, 3.05) is 0 Å². The highest BCUT2D eigenvalue weighted by Crippen LogP contribution is 2.17. The predicted molar refractivity (Wildman–Crippen MR) is 102 cm³/mol. The van der Waals surface area contributed by atoms with E-state index in [2.05, 4.69) is 20.7 Å². The number of para-hydroxylation sites is 1. The smallest absolute Gasteiger partial charge is 0.321 e. The van der Waals surface area contributed by atoms with E-state index in [-0.39, 0.29) is 12.6 Å².